The van der Waals surface area contributed by atoms with Gasteiger partial charge in [0.1, 0.15) is 5.25 Å². The molecular formula is C15H13NOS. The van der Waals surface area contributed by atoms with Gasteiger partial charge in [0.05, 0.1) is 5.69 Å². The molecule has 2 aromatic carbocycles. The van der Waals surface area contributed by atoms with Crippen molar-refractivity contribution < 1.29 is 4.79 Å². The fraction of sp³-hybridized carbons (Fsp3) is 0.133. The second-order valence-corrected chi connectivity index (χ2v) is 5.13. The molecule has 0 saturated heterocycles. The highest BCUT2D eigenvalue weighted by Crippen LogP contribution is 2.45. The van der Waals surface area contributed by atoms with Crippen LogP contribution in [0, 0.1) is 0 Å². The molecule has 90 valence electrons. The third-order valence-electron chi connectivity index (χ3n) is 3.15. The number of para-hydroxylation sites is 2. The van der Waals surface area contributed by atoms with Crippen molar-refractivity contribution in [2.24, 2.45) is 0 Å². The zero-order valence-corrected chi connectivity index (χ0v) is 10.9. The van der Waals surface area contributed by atoms with Crippen molar-refractivity contribution in [3.63, 3.8) is 0 Å². The lowest BCUT2D eigenvalue weighted by atomic mass is 10.1. The minimum Gasteiger partial charge on any atom is -0.279 e. The monoisotopic (exact) mass is 255 g/mol. The number of amides is 1. The van der Waals surface area contributed by atoms with E-state index in [0.29, 0.717) is 0 Å². The van der Waals surface area contributed by atoms with Gasteiger partial charge >= 0.3 is 0 Å². The molecular weight excluding hydrogens is 242 g/mol. The summed E-state index contributed by atoms with van der Waals surface area (Å²) in [6.45, 7) is 0. The fourth-order valence-electron chi connectivity index (χ4n) is 2.35. The van der Waals surface area contributed by atoms with Crippen LogP contribution in [0.2, 0.25) is 0 Å². The molecule has 1 unspecified atom stereocenters. The van der Waals surface area contributed by atoms with Crippen LogP contribution in [0.1, 0.15) is 10.8 Å². The first-order valence-electron chi connectivity index (χ1n) is 5.83. The van der Waals surface area contributed by atoms with Crippen LogP contribution in [0.15, 0.2) is 54.6 Å². The number of anilines is 2. The van der Waals surface area contributed by atoms with E-state index in [2.05, 4.69) is 0 Å². The van der Waals surface area contributed by atoms with Gasteiger partial charge in [0.2, 0.25) is 5.91 Å². The number of fused-ring (bicyclic) bond motifs is 1. The van der Waals surface area contributed by atoms with E-state index in [0.717, 1.165) is 16.9 Å². The van der Waals surface area contributed by atoms with E-state index in [-0.39, 0.29) is 11.2 Å². The zero-order valence-electron chi connectivity index (χ0n) is 10.0. The van der Waals surface area contributed by atoms with Crippen LogP contribution in [0.25, 0.3) is 0 Å². The number of thioether (sulfide) groups is 1. The molecule has 0 N–H and O–H groups in total. The molecule has 0 spiro atoms. The molecule has 18 heavy (non-hydrogen) atoms. The van der Waals surface area contributed by atoms with Crippen molar-refractivity contribution in [1.29, 1.82) is 0 Å². The highest BCUT2D eigenvalue weighted by Gasteiger charge is 2.37. The Balaban J connectivity index is 2.15. The molecule has 0 bridgehead atoms. The van der Waals surface area contributed by atoms with E-state index in [9.17, 15) is 4.79 Å². The largest absolute Gasteiger partial charge is 0.279 e. The van der Waals surface area contributed by atoms with Gasteiger partial charge in [-0.2, -0.15) is 0 Å². The van der Waals surface area contributed by atoms with Crippen molar-refractivity contribution in [3.05, 3.63) is 60.2 Å². The zero-order chi connectivity index (χ0) is 12.5. The molecule has 1 aliphatic rings. The number of hydrogen-bond donors (Lipinski definition) is 0. The summed E-state index contributed by atoms with van der Waals surface area (Å²) < 4.78 is 0. The van der Waals surface area contributed by atoms with E-state index in [1.807, 2.05) is 65.8 Å². The topological polar surface area (TPSA) is 20.3 Å². The lowest BCUT2D eigenvalue weighted by Gasteiger charge is -2.17. The predicted octanol–water partition coefficient (Wildman–Crippen LogP) is 3.77. The van der Waals surface area contributed by atoms with Crippen LogP contribution in [-0.2, 0) is 4.79 Å². The average molecular weight is 255 g/mol. The summed E-state index contributed by atoms with van der Waals surface area (Å²) in [6, 6.07) is 17.8. The van der Waals surface area contributed by atoms with Gasteiger partial charge in [0, 0.05) is 5.69 Å². The number of rotatable bonds is 2. The molecule has 3 rings (SSSR count). The van der Waals surface area contributed by atoms with Gasteiger partial charge in [-0.1, -0.05) is 36.4 Å². The lowest BCUT2D eigenvalue weighted by Crippen LogP contribution is -2.22. The Labute approximate surface area is 111 Å². The minimum absolute atomic E-state index is 0.0820. The Hall–Kier alpha value is -1.74. The Morgan fingerprint density at radius 1 is 1.00 bits per heavy atom. The summed E-state index contributed by atoms with van der Waals surface area (Å²) in [5, 5.41) is -0.0820. The molecule has 1 heterocycles. The summed E-state index contributed by atoms with van der Waals surface area (Å²) in [5.41, 5.74) is 3.05. The van der Waals surface area contributed by atoms with Gasteiger partial charge in [-0.05, 0) is 30.0 Å². The number of hydrogen-bond acceptors (Lipinski definition) is 2. The molecule has 0 radical (unpaired) electrons. The van der Waals surface area contributed by atoms with E-state index < -0.39 is 0 Å². The molecule has 1 aliphatic heterocycles. The standard InChI is InChI=1S/C15H13NOS/c1-18-14-12-9-5-6-10-13(12)16(15(14)17)11-7-3-2-4-8-11/h2-10,14H,1H3. The minimum atomic E-state index is -0.0820. The van der Waals surface area contributed by atoms with E-state index in [4.69, 9.17) is 0 Å². The van der Waals surface area contributed by atoms with Gasteiger partial charge in [0.15, 0.2) is 0 Å². The molecule has 2 nitrogen and oxygen atoms in total. The average Bonchev–Trinajstić information content (AvgIpc) is 2.71. The van der Waals surface area contributed by atoms with Gasteiger partial charge < -0.3 is 0 Å². The fourth-order valence-corrected chi connectivity index (χ4v) is 3.11. The van der Waals surface area contributed by atoms with Gasteiger partial charge in [-0.3, -0.25) is 9.69 Å². The highest BCUT2D eigenvalue weighted by atomic mass is 32.2. The van der Waals surface area contributed by atoms with E-state index in [1.54, 1.807) is 11.8 Å². The Bertz CT molecular complexity index is 582. The van der Waals surface area contributed by atoms with Gasteiger partial charge in [-0.15, -0.1) is 11.8 Å². The highest BCUT2D eigenvalue weighted by molar-refractivity contribution is 7.99. The molecule has 0 saturated carbocycles. The smallest absolute Gasteiger partial charge is 0.249 e. The Kier molecular flexibility index (Phi) is 2.84. The number of carbonyl (C=O) groups is 1. The summed E-state index contributed by atoms with van der Waals surface area (Å²) in [5.74, 6) is 0.148. The third kappa shape index (κ3) is 1.63. The summed E-state index contributed by atoms with van der Waals surface area (Å²) >= 11 is 1.59. The summed E-state index contributed by atoms with van der Waals surface area (Å²) in [7, 11) is 0. The van der Waals surface area contributed by atoms with E-state index >= 15 is 0 Å². The second-order valence-electron chi connectivity index (χ2n) is 4.18. The van der Waals surface area contributed by atoms with Crippen LogP contribution in [0.3, 0.4) is 0 Å². The van der Waals surface area contributed by atoms with Crippen molar-refractivity contribution in [3.8, 4) is 0 Å². The van der Waals surface area contributed by atoms with E-state index in [1.165, 1.54) is 0 Å². The molecule has 2 aromatic rings. The quantitative estimate of drug-likeness (QED) is 0.814. The first kappa shape index (κ1) is 11.4. The van der Waals surface area contributed by atoms with Crippen molar-refractivity contribution in [1.82, 2.24) is 0 Å². The molecule has 1 amide bonds. The Morgan fingerprint density at radius 2 is 1.67 bits per heavy atom. The van der Waals surface area contributed by atoms with Crippen LogP contribution >= 0.6 is 11.8 Å². The number of benzene rings is 2. The van der Waals surface area contributed by atoms with Gasteiger partial charge in [0.25, 0.3) is 0 Å². The van der Waals surface area contributed by atoms with Crippen LogP contribution < -0.4 is 4.90 Å². The number of nitrogens with zero attached hydrogens (tertiary/aromatic N) is 1. The third-order valence-corrected chi connectivity index (χ3v) is 4.08. The van der Waals surface area contributed by atoms with Crippen LogP contribution in [0.5, 0.6) is 0 Å². The molecule has 1 atom stereocenters. The lowest BCUT2D eigenvalue weighted by molar-refractivity contribution is -0.116. The SMILES string of the molecule is CSC1C(=O)N(c2ccccc2)c2ccccc21. The van der Waals surface area contributed by atoms with Crippen LogP contribution in [-0.4, -0.2) is 12.2 Å². The normalized spacial score (nSPS) is 17.9. The first-order valence-corrected chi connectivity index (χ1v) is 7.12. The summed E-state index contributed by atoms with van der Waals surface area (Å²) in [4.78, 5) is 14.3. The maximum Gasteiger partial charge on any atom is 0.249 e. The predicted molar refractivity (Wildman–Crippen MR) is 76.3 cm³/mol. The summed E-state index contributed by atoms with van der Waals surface area (Å²) in [6.07, 6.45) is 1.98. The van der Waals surface area contributed by atoms with Crippen molar-refractivity contribution >= 4 is 29.0 Å². The molecule has 0 fully saturated rings. The van der Waals surface area contributed by atoms with Gasteiger partial charge in [-0.25, -0.2) is 0 Å². The van der Waals surface area contributed by atoms with Crippen LogP contribution in [0.4, 0.5) is 11.4 Å². The number of carbonyl (C=O) groups excluding carboxylic acids is 1. The Morgan fingerprint density at radius 3 is 2.39 bits per heavy atom. The molecule has 0 aromatic heterocycles. The molecule has 0 aliphatic carbocycles. The second kappa shape index (κ2) is 4.50. The maximum absolute atomic E-state index is 12.5. The first-order chi connectivity index (χ1) is 8.83. The maximum atomic E-state index is 12.5. The van der Waals surface area contributed by atoms with Crippen molar-refractivity contribution in [2.75, 3.05) is 11.2 Å². The van der Waals surface area contributed by atoms with Crippen molar-refractivity contribution in [2.45, 2.75) is 5.25 Å². The molecule has 3 heteroatoms.